The van der Waals surface area contributed by atoms with E-state index in [1.165, 1.54) is 0 Å². The Hall–Kier alpha value is -1.57. The van der Waals surface area contributed by atoms with Gasteiger partial charge in [-0.25, -0.2) is 0 Å². The molecule has 0 spiro atoms. The summed E-state index contributed by atoms with van der Waals surface area (Å²) in [6, 6.07) is 9.75. The van der Waals surface area contributed by atoms with Crippen LogP contribution in [0.4, 0.5) is 0 Å². The third kappa shape index (κ3) is 4.43. The summed E-state index contributed by atoms with van der Waals surface area (Å²) < 4.78 is 5.17. The molecular formula is C13H18N2O2. The number of hydrogen-bond donors (Lipinski definition) is 2. The Bertz CT molecular complexity index is 370. The summed E-state index contributed by atoms with van der Waals surface area (Å²) >= 11 is 0. The molecule has 0 aliphatic carbocycles. The molecule has 17 heavy (non-hydrogen) atoms. The van der Waals surface area contributed by atoms with Gasteiger partial charge in [-0.05, 0) is 31.5 Å². The maximum absolute atomic E-state index is 8.96. The molecule has 0 saturated heterocycles. The SMILES string of the molecule is CC(N[C@H](C)CO)c1ccc(OCC#N)cc1. The maximum atomic E-state index is 8.96. The molecule has 1 aromatic rings. The third-order valence-corrected chi connectivity index (χ3v) is 2.49. The Morgan fingerprint density at radius 1 is 1.35 bits per heavy atom. The molecule has 0 aliphatic heterocycles. The highest BCUT2D eigenvalue weighted by Gasteiger charge is 2.08. The van der Waals surface area contributed by atoms with Gasteiger partial charge in [0, 0.05) is 12.1 Å². The number of nitrogens with one attached hydrogen (secondary N) is 1. The fourth-order valence-corrected chi connectivity index (χ4v) is 1.54. The van der Waals surface area contributed by atoms with Gasteiger partial charge in [-0.3, -0.25) is 0 Å². The van der Waals surface area contributed by atoms with Crippen LogP contribution in [0.5, 0.6) is 5.75 Å². The van der Waals surface area contributed by atoms with Crippen molar-refractivity contribution in [2.75, 3.05) is 13.2 Å². The van der Waals surface area contributed by atoms with Crippen molar-refractivity contribution in [2.24, 2.45) is 0 Å². The predicted molar refractivity (Wildman–Crippen MR) is 65.6 cm³/mol. The van der Waals surface area contributed by atoms with Crippen molar-refractivity contribution in [3.63, 3.8) is 0 Å². The van der Waals surface area contributed by atoms with Gasteiger partial charge in [0.25, 0.3) is 0 Å². The van der Waals surface area contributed by atoms with Crippen LogP contribution in [-0.2, 0) is 0 Å². The first-order valence-corrected chi connectivity index (χ1v) is 5.64. The summed E-state index contributed by atoms with van der Waals surface area (Å²) in [5.41, 5.74) is 1.12. The first-order valence-electron chi connectivity index (χ1n) is 5.64. The molecule has 0 aliphatic rings. The van der Waals surface area contributed by atoms with Crippen LogP contribution in [0.25, 0.3) is 0 Å². The Morgan fingerprint density at radius 2 is 2.00 bits per heavy atom. The molecule has 4 nitrogen and oxygen atoms in total. The molecule has 0 heterocycles. The average molecular weight is 234 g/mol. The van der Waals surface area contributed by atoms with Crippen molar-refractivity contribution in [1.29, 1.82) is 5.26 Å². The third-order valence-electron chi connectivity index (χ3n) is 2.49. The molecule has 0 radical (unpaired) electrons. The number of nitriles is 1. The van der Waals surface area contributed by atoms with Crippen molar-refractivity contribution in [3.05, 3.63) is 29.8 Å². The van der Waals surface area contributed by atoms with E-state index in [-0.39, 0.29) is 25.3 Å². The second kappa shape index (κ2) is 6.89. The second-order valence-electron chi connectivity index (χ2n) is 3.99. The van der Waals surface area contributed by atoms with Gasteiger partial charge in [0.1, 0.15) is 11.8 Å². The van der Waals surface area contributed by atoms with E-state index in [9.17, 15) is 0 Å². The standard InChI is InChI=1S/C13H18N2O2/c1-10(9-16)15-11(2)12-3-5-13(6-4-12)17-8-7-14/h3-6,10-11,15-16H,8-9H2,1-2H3/t10-,11?/m1/s1. The Balaban J connectivity index is 2.58. The van der Waals surface area contributed by atoms with Gasteiger partial charge in [-0.2, -0.15) is 5.26 Å². The molecule has 1 unspecified atom stereocenters. The minimum atomic E-state index is 0.0642. The number of aliphatic hydroxyl groups excluding tert-OH is 1. The number of ether oxygens (including phenoxy) is 1. The van der Waals surface area contributed by atoms with Crippen LogP contribution in [0.3, 0.4) is 0 Å². The number of hydrogen-bond acceptors (Lipinski definition) is 4. The van der Waals surface area contributed by atoms with Crippen LogP contribution in [0.2, 0.25) is 0 Å². The quantitative estimate of drug-likeness (QED) is 0.785. The highest BCUT2D eigenvalue weighted by Crippen LogP contribution is 2.17. The average Bonchev–Trinajstić information content (AvgIpc) is 2.36. The maximum Gasteiger partial charge on any atom is 0.174 e. The van der Waals surface area contributed by atoms with Crippen molar-refractivity contribution < 1.29 is 9.84 Å². The van der Waals surface area contributed by atoms with E-state index >= 15 is 0 Å². The van der Waals surface area contributed by atoms with Crippen molar-refractivity contribution in [3.8, 4) is 11.8 Å². The molecule has 4 heteroatoms. The van der Waals surface area contributed by atoms with Gasteiger partial charge in [-0.1, -0.05) is 12.1 Å². The van der Waals surface area contributed by atoms with E-state index in [4.69, 9.17) is 15.1 Å². The molecular weight excluding hydrogens is 216 g/mol. The van der Waals surface area contributed by atoms with Crippen LogP contribution < -0.4 is 10.1 Å². The number of rotatable bonds is 6. The number of aliphatic hydroxyl groups is 1. The Kier molecular flexibility index (Phi) is 5.47. The van der Waals surface area contributed by atoms with Crippen molar-refractivity contribution in [1.82, 2.24) is 5.32 Å². The minimum Gasteiger partial charge on any atom is -0.479 e. The smallest absolute Gasteiger partial charge is 0.174 e. The lowest BCUT2D eigenvalue weighted by atomic mass is 10.1. The highest BCUT2D eigenvalue weighted by molar-refractivity contribution is 5.29. The first-order chi connectivity index (χ1) is 8.17. The van der Waals surface area contributed by atoms with Crippen LogP contribution in [0.15, 0.2) is 24.3 Å². The zero-order chi connectivity index (χ0) is 12.7. The fourth-order valence-electron chi connectivity index (χ4n) is 1.54. The zero-order valence-electron chi connectivity index (χ0n) is 10.2. The largest absolute Gasteiger partial charge is 0.479 e. The topological polar surface area (TPSA) is 65.3 Å². The van der Waals surface area contributed by atoms with Crippen LogP contribution in [-0.4, -0.2) is 24.4 Å². The summed E-state index contributed by atoms with van der Waals surface area (Å²) in [4.78, 5) is 0. The van der Waals surface area contributed by atoms with E-state index in [0.717, 1.165) is 5.56 Å². The zero-order valence-corrected chi connectivity index (χ0v) is 10.2. The summed E-state index contributed by atoms with van der Waals surface area (Å²) in [6.45, 7) is 4.15. The highest BCUT2D eigenvalue weighted by atomic mass is 16.5. The normalized spacial score (nSPS) is 13.8. The molecule has 92 valence electrons. The van der Waals surface area contributed by atoms with E-state index in [1.807, 2.05) is 44.2 Å². The number of benzene rings is 1. The molecule has 0 aromatic heterocycles. The van der Waals surface area contributed by atoms with Crippen molar-refractivity contribution >= 4 is 0 Å². The van der Waals surface area contributed by atoms with Gasteiger partial charge >= 0.3 is 0 Å². The fraction of sp³-hybridized carbons (Fsp3) is 0.462. The molecule has 1 rings (SSSR count). The van der Waals surface area contributed by atoms with E-state index in [0.29, 0.717) is 5.75 Å². The lowest BCUT2D eigenvalue weighted by Gasteiger charge is -2.18. The predicted octanol–water partition coefficient (Wildman–Crippen LogP) is 1.62. The van der Waals surface area contributed by atoms with Crippen LogP contribution in [0, 0.1) is 11.3 Å². The summed E-state index contributed by atoms with van der Waals surface area (Å²) in [7, 11) is 0. The summed E-state index contributed by atoms with van der Waals surface area (Å²) in [5.74, 6) is 0.692. The Labute approximate surface area is 102 Å². The van der Waals surface area contributed by atoms with E-state index < -0.39 is 0 Å². The molecule has 2 N–H and O–H groups in total. The Morgan fingerprint density at radius 3 is 2.53 bits per heavy atom. The molecule has 0 fully saturated rings. The summed E-state index contributed by atoms with van der Waals surface area (Å²) in [5, 5.41) is 20.6. The lowest BCUT2D eigenvalue weighted by Crippen LogP contribution is -2.31. The van der Waals surface area contributed by atoms with Crippen molar-refractivity contribution in [2.45, 2.75) is 25.9 Å². The molecule has 2 atom stereocenters. The lowest BCUT2D eigenvalue weighted by molar-refractivity contribution is 0.243. The van der Waals surface area contributed by atoms with Gasteiger partial charge in [-0.15, -0.1) is 0 Å². The summed E-state index contributed by atoms with van der Waals surface area (Å²) in [6.07, 6.45) is 0. The number of nitrogens with zero attached hydrogens (tertiary/aromatic N) is 1. The molecule has 1 aromatic carbocycles. The van der Waals surface area contributed by atoms with Crippen LogP contribution in [0.1, 0.15) is 25.5 Å². The van der Waals surface area contributed by atoms with Gasteiger partial charge in [0.15, 0.2) is 6.61 Å². The first kappa shape index (κ1) is 13.5. The van der Waals surface area contributed by atoms with Gasteiger partial charge in [0.05, 0.1) is 6.61 Å². The van der Waals surface area contributed by atoms with Gasteiger partial charge in [0.2, 0.25) is 0 Å². The van der Waals surface area contributed by atoms with Crippen LogP contribution >= 0.6 is 0 Å². The molecule has 0 saturated carbocycles. The second-order valence-corrected chi connectivity index (χ2v) is 3.99. The molecule has 0 amide bonds. The van der Waals surface area contributed by atoms with E-state index in [2.05, 4.69) is 5.32 Å². The molecule has 0 bridgehead atoms. The van der Waals surface area contributed by atoms with E-state index in [1.54, 1.807) is 0 Å². The minimum absolute atomic E-state index is 0.0642. The monoisotopic (exact) mass is 234 g/mol. The van der Waals surface area contributed by atoms with Gasteiger partial charge < -0.3 is 15.2 Å².